The molecule has 1 N–H and O–H groups in total. The van der Waals surface area contributed by atoms with E-state index in [2.05, 4.69) is 4.98 Å². The Morgan fingerprint density at radius 2 is 1.84 bits per heavy atom. The number of Topliss-reactive ketones (excluding diaryl/α,β-unsaturated/α-hetero) is 1. The number of nitrogens with zero attached hydrogens (tertiary/aromatic N) is 3. The van der Waals surface area contributed by atoms with Gasteiger partial charge < -0.3 is 5.11 Å². The zero-order valence-corrected chi connectivity index (χ0v) is 17.5. The maximum absolute atomic E-state index is 13.1. The minimum Gasteiger partial charge on any atom is -0.507 e. The summed E-state index contributed by atoms with van der Waals surface area (Å²) < 4.78 is 0. The van der Waals surface area contributed by atoms with Gasteiger partial charge in [-0.05, 0) is 42.3 Å². The molecule has 0 bridgehead atoms. The van der Waals surface area contributed by atoms with Crippen LogP contribution in [-0.2, 0) is 9.59 Å². The highest BCUT2D eigenvalue weighted by Gasteiger charge is 2.47. The van der Waals surface area contributed by atoms with Crippen LogP contribution in [0.1, 0.15) is 22.7 Å². The highest BCUT2D eigenvalue weighted by Crippen LogP contribution is 2.42. The van der Waals surface area contributed by atoms with Gasteiger partial charge >= 0.3 is 0 Å². The van der Waals surface area contributed by atoms with E-state index in [0.717, 1.165) is 11.6 Å². The molecule has 1 unspecified atom stereocenters. The van der Waals surface area contributed by atoms with Crippen LogP contribution in [0.2, 0.25) is 5.02 Å². The first-order valence-corrected chi connectivity index (χ1v) is 9.89. The largest absolute Gasteiger partial charge is 0.507 e. The quantitative estimate of drug-likeness (QED) is 0.205. The summed E-state index contributed by atoms with van der Waals surface area (Å²) in [6, 6.07) is 12.5. The third-order valence-corrected chi connectivity index (χ3v) is 5.64. The lowest BCUT2D eigenvalue weighted by Gasteiger charge is -2.25. The predicted molar refractivity (Wildman–Crippen MR) is 118 cm³/mol. The maximum Gasteiger partial charge on any atom is 0.300 e. The molecule has 160 valence electrons. The maximum atomic E-state index is 13.1. The molecule has 1 atom stereocenters. The molecule has 0 spiro atoms. The lowest BCUT2D eigenvalue weighted by Crippen LogP contribution is -2.29. The van der Waals surface area contributed by atoms with Crippen molar-refractivity contribution in [2.24, 2.45) is 0 Å². The number of aryl methyl sites for hydroxylation is 1. The Labute approximate surface area is 187 Å². The topological polar surface area (TPSA) is 114 Å². The van der Waals surface area contributed by atoms with Gasteiger partial charge in [0.15, 0.2) is 0 Å². The van der Waals surface area contributed by atoms with Gasteiger partial charge in [0.25, 0.3) is 17.4 Å². The molecule has 3 aromatic rings. The normalized spacial score (nSPS) is 17.6. The van der Waals surface area contributed by atoms with E-state index in [1.54, 1.807) is 30.3 Å². The van der Waals surface area contributed by atoms with Crippen molar-refractivity contribution >= 4 is 40.4 Å². The second-order valence-electron chi connectivity index (χ2n) is 7.19. The van der Waals surface area contributed by atoms with Gasteiger partial charge in [-0.25, -0.2) is 0 Å². The lowest BCUT2D eigenvalue weighted by atomic mass is 9.95. The molecule has 1 amide bonds. The van der Waals surface area contributed by atoms with E-state index >= 15 is 0 Å². The summed E-state index contributed by atoms with van der Waals surface area (Å²) in [5.41, 5.74) is 1.32. The van der Waals surface area contributed by atoms with Gasteiger partial charge in [0.1, 0.15) is 5.76 Å². The van der Waals surface area contributed by atoms with Crippen molar-refractivity contribution in [1.29, 1.82) is 0 Å². The number of halogens is 1. The van der Waals surface area contributed by atoms with Crippen LogP contribution in [0.5, 0.6) is 0 Å². The van der Waals surface area contributed by atoms with Crippen molar-refractivity contribution in [3.05, 3.63) is 104 Å². The van der Waals surface area contributed by atoms with Crippen LogP contribution in [0.25, 0.3) is 5.76 Å². The highest BCUT2D eigenvalue weighted by molar-refractivity contribution is 6.51. The number of hydrogen-bond donors (Lipinski definition) is 1. The number of aliphatic hydroxyl groups excluding tert-OH is 1. The fraction of sp³-hybridized carbons (Fsp3) is 0.0870. The van der Waals surface area contributed by atoms with Crippen LogP contribution in [0, 0.1) is 17.0 Å². The van der Waals surface area contributed by atoms with Crippen molar-refractivity contribution in [2.45, 2.75) is 13.0 Å². The van der Waals surface area contributed by atoms with Crippen LogP contribution in [0.3, 0.4) is 0 Å². The number of hydrogen-bond acceptors (Lipinski definition) is 6. The average Bonchev–Trinajstić information content (AvgIpc) is 3.06. The second-order valence-corrected chi connectivity index (χ2v) is 7.60. The van der Waals surface area contributed by atoms with E-state index in [1.165, 1.54) is 35.5 Å². The van der Waals surface area contributed by atoms with Gasteiger partial charge in [0.05, 0.1) is 16.5 Å². The first-order chi connectivity index (χ1) is 15.3. The lowest BCUT2D eigenvalue weighted by molar-refractivity contribution is -0.384. The van der Waals surface area contributed by atoms with Gasteiger partial charge in [-0.2, -0.15) is 0 Å². The summed E-state index contributed by atoms with van der Waals surface area (Å²) >= 11 is 6.25. The van der Waals surface area contributed by atoms with E-state index in [9.17, 15) is 24.8 Å². The van der Waals surface area contributed by atoms with E-state index in [0.29, 0.717) is 16.3 Å². The fourth-order valence-corrected chi connectivity index (χ4v) is 3.79. The summed E-state index contributed by atoms with van der Waals surface area (Å²) in [5, 5.41) is 22.6. The summed E-state index contributed by atoms with van der Waals surface area (Å²) in [5.74, 6) is -2.26. The first kappa shape index (κ1) is 21.2. The standard InChI is InChI=1S/C23H16ClN3O5/c1-13-5-6-16(12-18(13)24)26-20(14-7-9-25-10-8-14)19(22(29)23(26)30)21(28)15-3-2-4-17(11-15)27(31)32/h2-12,20,28H,1H3/b21-19+. The molecule has 0 saturated carbocycles. The van der Waals surface area contributed by atoms with Crippen molar-refractivity contribution in [3.8, 4) is 0 Å². The number of anilines is 1. The third kappa shape index (κ3) is 3.61. The second kappa shape index (κ2) is 8.24. The van der Waals surface area contributed by atoms with Crippen molar-refractivity contribution in [3.63, 3.8) is 0 Å². The first-order valence-electron chi connectivity index (χ1n) is 9.51. The zero-order valence-electron chi connectivity index (χ0n) is 16.7. The molecular formula is C23H16ClN3O5. The Balaban J connectivity index is 1.95. The Kier molecular flexibility index (Phi) is 5.46. The van der Waals surface area contributed by atoms with Crippen LogP contribution < -0.4 is 4.90 Å². The van der Waals surface area contributed by atoms with Gasteiger partial charge in [-0.3, -0.25) is 29.6 Å². The molecule has 1 saturated heterocycles. The minimum atomic E-state index is -0.976. The Hall–Kier alpha value is -4.04. The van der Waals surface area contributed by atoms with Crippen LogP contribution >= 0.6 is 11.6 Å². The number of benzene rings is 2. The Bertz CT molecular complexity index is 1290. The Morgan fingerprint density at radius 3 is 2.50 bits per heavy atom. The summed E-state index contributed by atoms with van der Waals surface area (Å²) in [6.45, 7) is 1.81. The van der Waals surface area contributed by atoms with Gasteiger partial charge in [0.2, 0.25) is 0 Å². The molecule has 4 rings (SSSR count). The molecule has 32 heavy (non-hydrogen) atoms. The van der Waals surface area contributed by atoms with E-state index in [-0.39, 0.29) is 16.8 Å². The number of aliphatic hydroxyl groups is 1. The number of carbonyl (C=O) groups is 2. The number of ketones is 1. The highest BCUT2D eigenvalue weighted by atomic mass is 35.5. The molecule has 2 heterocycles. The van der Waals surface area contributed by atoms with Crippen molar-refractivity contribution in [2.75, 3.05) is 4.90 Å². The van der Waals surface area contributed by atoms with Gasteiger partial charge in [0, 0.05) is 40.8 Å². The van der Waals surface area contributed by atoms with Crippen molar-refractivity contribution < 1.29 is 19.6 Å². The van der Waals surface area contributed by atoms with Gasteiger partial charge in [-0.1, -0.05) is 29.8 Å². The molecule has 0 aliphatic carbocycles. The number of nitro groups is 1. The fourth-order valence-electron chi connectivity index (χ4n) is 3.61. The number of non-ortho nitro benzene ring substituents is 1. The van der Waals surface area contributed by atoms with Crippen LogP contribution in [0.4, 0.5) is 11.4 Å². The number of rotatable bonds is 4. The SMILES string of the molecule is Cc1ccc(N2C(=O)C(=O)/C(=C(/O)c3cccc([N+](=O)[O-])c3)C2c2ccncc2)cc1Cl. The van der Waals surface area contributed by atoms with Crippen molar-refractivity contribution in [1.82, 2.24) is 4.98 Å². The zero-order chi connectivity index (χ0) is 23.0. The molecule has 1 fully saturated rings. The van der Waals surface area contributed by atoms with Gasteiger partial charge in [-0.15, -0.1) is 0 Å². The number of aromatic nitrogens is 1. The summed E-state index contributed by atoms with van der Waals surface area (Å²) in [4.78, 5) is 41.9. The molecule has 0 radical (unpaired) electrons. The molecule has 9 heteroatoms. The van der Waals surface area contributed by atoms with Crippen LogP contribution in [-0.4, -0.2) is 26.7 Å². The van der Waals surface area contributed by atoms with E-state index in [4.69, 9.17) is 11.6 Å². The number of nitro benzene ring substituents is 1. The molecular weight excluding hydrogens is 434 g/mol. The monoisotopic (exact) mass is 449 g/mol. The number of carbonyl (C=O) groups excluding carboxylic acids is 2. The van der Waals surface area contributed by atoms with E-state index < -0.39 is 28.4 Å². The Morgan fingerprint density at radius 1 is 1.12 bits per heavy atom. The van der Waals surface area contributed by atoms with E-state index in [1.807, 2.05) is 6.92 Å². The summed E-state index contributed by atoms with van der Waals surface area (Å²) in [6.07, 6.45) is 3.01. The van der Waals surface area contributed by atoms with Crippen LogP contribution in [0.15, 0.2) is 72.6 Å². The number of pyridine rings is 1. The molecule has 1 aliphatic rings. The summed E-state index contributed by atoms with van der Waals surface area (Å²) in [7, 11) is 0. The molecule has 8 nitrogen and oxygen atoms in total. The molecule has 2 aromatic carbocycles. The molecule has 1 aliphatic heterocycles. The third-order valence-electron chi connectivity index (χ3n) is 5.23. The average molecular weight is 450 g/mol. The molecule has 1 aromatic heterocycles. The predicted octanol–water partition coefficient (Wildman–Crippen LogP) is 4.58. The minimum absolute atomic E-state index is 0.0539. The number of amides is 1. The smallest absolute Gasteiger partial charge is 0.300 e.